The number of piperidine rings is 1. The number of carbonyl (C=O) groups excluding carboxylic acids is 1. The first-order chi connectivity index (χ1) is 16.0. The summed E-state index contributed by atoms with van der Waals surface area (Å²) in [5.41, 5.74) is 2.28. The van der Waals surface area contributed by atoms with E-state index in [1.165, 1.54) is 0 Å². The van der Waals surface area contributed by atoms with Gasteiger partial charge in [-0.1, -0.05) is 78.9 Å². The lowest BCUT2D eigenvalue weighted by molar-refractivity contribution is -0.125. The molecule has 6 nitrogen and oxygen atoms in total. The van der Waals surface area contributed by atoms with Gasteiger partial charge in [-0.25, -0.2) is 13.1 Å². The summed E-state index contributed by atoms with van der Waals surface area (Å²) in [6.45, 7) is 1.49. The first kappa shape index (κ1) is 23.2. The van der Waals surface area contributed by atoms with Crippen LogP contribution < -0.4 is 15.4 Å². The minimum Gasteiger partial charge on any atom is -0.355 e. The van der Waals surface area contributed by atoms with Crippen LogP contribution in [-0.2, 0) is 14.8 Å². The molecule has 172 valence electrons. The molecule has 0 aliphatic carbocycles. The summed E-state index contributed by atoms with van der Waals surface area (Å²) >= 11 is 0. The molecule has 3 aromatic carbocycles. The van der Waals surface area contributed by atoms with Gasteiger partial charge in [-0.15, -0.1) is 0 Å². The van der Waals surface area contributed by atoms with Crippen LogP contribution >= 0.6 is 0 Å². The number of benzene rings is 3. The minimum atomic E-state index is -3.63. The van der Waals surface area contributed by atoms with Crippen molar-refractivity contribution in [3.05, 3.63) is 102 Å². The van der Waals surface area contributed by atoms with Crippen LogP contribution in [0.25, 0.3) is 0 Å². The first-order valence-electron chi connectivity index (χ1n) is 11.2. The lowest BCUT2D eigenvalue weighted by atomic mass is 9.90. The van der Waals surface area contributed by atoms with Crippen molar-refractivity contribution in [1.82, 2.24) is 15.4 Å². The fourth-order valence-corrected chi connectivity index (χ4v) is 5.53. The first-order valence-corrected chi connectivity index (χ1v) is 12.7. The molecule has 2 atom stereocenters. The predicted octanol–water partition coefficient (Wildman–Crippen LogP) is 2.89. The zero-order chi connectivity index (χ0) is 23.1. The van der Waals surface area contributed by atoms with Gasteiger partial charge in [-0.3, -0.25) is 4.79 Å². The standard InChI is InChI=1S/C26H29N3O3S/c30-26(28-19-25(20-10-4-1-5-11-20)21-12-6-2-7-13-21)22-16-23(18-27-17-22)29-33(31,32)24-14-8-3-9-15-24/h1-15,22-23,25,27,29H,16-19H2,(H,28,30)/t22-,23+/m0/s1. The Morgan fingerprint density at radius 2 is 1.39 bits per heavy atom. The van der Waals surface area contributed by atoms with Crippen LogP contribution in [0.3, 0.4) is 0 Å². The van der Waals surface area contributed by atoms with E-state index in [0.717, 1.165) is 11.1 Å². The molecule has 3 N–H and O–H groups in total. The molecule has 1 aliphatic heterocycles. The summed E-state index contributed by atoms with van der Waals surface area (Å²) in [4.78, 5) is 13.2. The fourth-order valence-electron chi connectivity index (χ4n) is 4.26. The van der Waals surface area contributed by atoms with Gasteiger partial charge in [0, 0.05) is 31.6 Å². The Morgan fingerprint density at radius 1 is 0.848 bits per heavy atom. The molecular formula is C26H29N3O3S. The van der Waals surface area contributed by atoms with E-state index in [2.05, 4.69) is 39.6 Å². The van der Waals surface area contributed by atoms with E-state index >= 15 is 0 Å². The van der Waals surface area contributed by atoms with Crippen molar-refractivity contribution in [2.75, 3.05) is 19.6 Å². The predicted molar refractivity (Wildman–Crippen MR) is 129 cm³/mol. The Hall–Kier alpha value is -3.00. The molecule has 1 saturated heterocycles. The smallest absolute Gasteiger partial charge is 0.240 e. The molecule has 0 radical (unpaired) electrons. The summed E-state index contributed by atoms with van der Waals surface area (Å²) in [6, 6.07) is 28.2. The van der Waals surface area contributed by atoms with Crippen molar-refractivity contribution in [2.45, 2.75) is 23.3 Å². The Labute approximate surface area is 195 Å². The van der Waals surface area contributed by atoms with Crippen molar-refractivity contribution in [3.63, 3.8) is 0 Å². The molecule has 0 unspecified atom stereocenters. The van der Waals surface area contributed by atoms with Crippen LogP contribution in [0.2, 0.25) is 0 Å². The van der Waals surface area contributed by atoms with Crippen LogP contribution in [0, 0.1) is 5.92 Å². The lowest BCUT2D eigenvalue weighted by Crippen LogP contribution is -2.52. The van der Waals surface area contributed by atoms with E-state index < -0.39 is 10.0 Å². The number of hydrogen-bond donors (Lipinski definition) is 3. The number of sulfonamides is 1. The maximum absolute atomic E-state index is 13.0. The molecule has 1 amide bonds. The van der Waals surface area contributed by atoms with E-state index in [-0.39, 0.29) is 28.7 Å². The highest BCUT2D eigenvalue weighted by Crippen LogP contribution is 2.24. The largest absolute Gasteiger partial charge is 0.355 e. The summed E-state index contributed by atoms with van der Waals surface area (Å²) in [5.74, 6) is -0.335. The molecule has 1 fully saturated rings. The second kappa shape index (κ2) is 10.7. The summed E-state index contributed by atoms with van der Waals surface area (Å²) in [6.07, 6.45) is 0.451. The number of hydrogen-bond acceptors (Lipinski definition) is 4. The van der Waals surface area contributed by atoms with Crippen LogP contribution in [0.5, 0.6) is 0 Å². The molecular weight excluding hydrogens is 434 g/mol. The summed E-state index contributed by atoms with van der Waals surface area (Å²) < 4.78 is 28.1. The van der Waals surface area contributed by atoms with Crippen molar-refractivity contribution < 1.29 is 13.2 Å². The van der Waals surface area contributed by atoms with E-state index in [0.29, 0.717) is 26.1 Å². The Morgan fingerprint density at radius 3 is 1.97 bits per heavy atom. The molecule has 1 aliphatic rings. The number of nitrogens with one attached hydrogen (secondary N) is 3. The second-order valence-corrected chi connectivity index (χ2v) is 10.1. The highest BCUT2D eigenvalue weighted by atomic mass is 32.2. The average Bonchev–Trinajstić information content (AvgIpc) is 2.86. The van der Waals surface area contributed by atoms with Crippen molar-refractivity contribution >= 4 is 15.9 Å². The SMILES string of the molecule is O=C(NCC(c1ccccc1)c1ccccc1)[C@@H]1CNC[C@H](NS(=O)(=O)c2ccccc2)C1. The summed E-state index contributed by atoms with van der Waals surface area (Å²) in [5, 5.41) is 6.31. The maximum atomic E-state index is 13.0. The van der Waals surface area contributed by atoms with Gasteiger partial charge < -0.3 is 10.6 Å². The average molecular weight is 464 g/mol. The van der Waals surface area contributed by atoms with E-state index in [9.17, 15) is 13.2 Å². The number of rotatable bonds is 8. The fraction of sp³-hybridized carbons (Fsp3) is 0.269. The molecule has 0 saturated carbocycles. The van der Waals surface area contributed by atoms with Crippen LogP contribution in [0.1, 0.15) is 23.5 Å². The van der Waals surface area contributed by atoms with Gasteiger partial charge in [-0.2, -0.15) is 0 Å². The van der Waals surface area contributed by atoms with Gasteiger partial charge in [0.05, 0.1) is 10.8 Å². The van der Waals surface area contributed by atoms with Gasteiger partial charge in [0.25, 0.3) is 0 Å². The maximum Gasteiger partial charge on any atom is 0.240 e. The molecule has 3 aromatic rings. The molecule has 0 bridgehead atoms. The number of carbonyl (C=O) groups is 1. The lowest BCUT2D eigenvalue weighted by Gasteiger charge is -2.30. The molecule has 7 heteroatoms. The highest BCUT2D eigenvalue weighted by molar-refractivity contribution is 7.89. The Balaban J connectivity index is 1.39. The molecule has 33 heavy (non-hydrogen) atoms. The van der Waals surface area contributed by atoms with Crippen molar-refractivity contribution in [1.29, 1.82) is 0 Å². The van der Waals surface area contributed by atoms with Gasteiger partial charge in [0.1, 0.15) is 0 Å². The molecule has 0 spiro atoms. The third-order valence-electron chi connectivity index (χ3n) is 5.98. The normalized spacial score (nSPS) is 18.7. The number of amides is 1. The third kappa shape index (κ3) is 6.07. The van der Waals surface area contributed by atoms with Gasteiger partial charge in [-0.05, 0) is 29.7 Å². The Kier molecular flexibility index (Phi) is 7.54. The quantitative estimate of drug-likeness (QED) is 0.479. The highest BCUT2D eigenvalue weighted by Gasteiger charge is 2.30. The third-order valence-corrected chi connectivity index (χ3v) is 7.52. The van der Waals surface area contributed by atoms with Crippen LogP contribution in [-0.4, -0.2) is 40.0 Å². The van der Waals surface area contributed by atoms with Crippen LogP contribution in [0.4, 0.5) is 0 Å². The topological polar surface area (TPSA) is 87.3 Å². The van der Waals surface area contributed by atoms with Gasteiger partial charge >= 0.3 is 0 Å². The molecule has 4 rings (SSSR count). The Bertz CT molecular complexity index is 1100. The van der Waals surface area contributed by atoms with E-state index in [1.54, 1.807) is 30.3 Å². The van der Waals surface area contributed by atoms with Crippen molar-refractivity contribution in [3.8, 4) is 0 Å². The summed E-state index contributed by atoms with van der Waals surface area (Å²) in [7, 11) is -3.63. The van der Waals surface area contributed by atoms with Gasteiger partial charge in [0.15, 0.2) is 0 Å². The minimum absolute atomic E-state index is 0.0419. The van der Waals surface area contributed by atoms with E-state index in [1.807, 2.05) is 36.4 Å². The van der Waals surface area contributed by atoms with Gasteiger partial charge in [0.2, 0.25) is 15.9 Å². The van der Waals surface area contributed by atoms with E-state index in [4.69, 9.17) is 0 Å². The zero-order valence-corrected chi connectivity index (χ0v) is 19.2. The molecule has 0 aromatic heterocycles. The van der Waals surface area contributed by atoms with Crippen LogP contribution in [0.15, 0.2) is 95.9 Å². The zero-order valence-electron chi connectivity index (χ0n) is 18.4. The monoisotopic (exact) mass is 463 g/mol. The molecule has 1 heterocycles. The van der Waals surface area contributed by atoms with Crippen molar-refractivity contribution in [2.24, 2.45) is 5.92 Å². The second-order valence-electron chi connectivity index (χ2n) is 8.34.